The maximum Gasteiger partial charge on any atom is 0.185 e. The van der Waals surface area contributed by atoms with E-state index in [4.69, 9.17) is 0 Å². The lowest BCUT2D eigenvalue weighted by Gasteiger charge is -2.16. The SMILES string of the molecule is CCc1ccc(C(CO)NCc2sc(N(C)C)nc2C)cc1. The number of rotatable bonds is 7. The van der Waals surface area contributed by atoms with Crippen LogP contribution in [0.2, 0.25) is 0 Å². The molecule has 4 nitrogen and oxygen atoms in total. The average molecular weight is 319 g/mol. The maximum absolute atomic E-state index is 9.66. The molecule has 120 valence electrons. The van der Waals surface area contributed by atoms with Crippen LogP contribution in [0.4, 0.5) is 5.13 Å². The van der Waals surface area contributed by atoms with Crippen LogP contribution in [0.15, 0.2) is 24.3 Å². The summed E-state index contributed by atoms with van der Waals surface area (Å²) in [6.07, 6.45) is 1.03. The summed E-state index contributed by atoms with van der Waals surface area (Å²) in [6.45, 7) is 4.98. The van der Waals surface area contributed by atoms with Crippen molar-refractivity contribution >= 4 is 16.5 Å². The fraction of sp³-hybridized carbons (Fsp3) is 0.471. The zero-order chi connectivity index (χ0) is 16.1. The lowest BCUT2D eigenvalue weighted by Crippen LogP contribution is -2.23. The van der Waals surface area contributed by atoms with E-state index >= 15 is 0 Å². The minimum Gasteiger partial charge on any atom is -0.394 e. The van der Waals surface area contributed by atoms with Crippen LogP contribution >= 0.6 is 11.3 Å². The van der Waals surface area contributed by atoms with Crippen molar-refractivity contribution in [2.45, 2.75) is 32.9 Å². The Bertz CT molecular complexity index is 592. The topological polar surface area (TPSA) is 48.4 Å². The molecule has 1 heterocycles. The number of hydrogen-bond acceptors (Lipinski definition) is 5. The van der Waals surface area contributed by atoms with Crippen molar-refractivity contribution in [3.63, 3.8) is 0 Å². The van der Waals surface area contributed by atoms with E-state index in [1.807, 2.05) is 25.9 Å². The van der Waals surface area contributed by atoms with Gasteiger partial charge in [0.15, 0.2) is 5.13 Å². The minimum absolute atomic E-state index is 0.0461. The van der Waals surface area contributed by atoms with Gasteiger partial charge in [-0.3, -0.25) is 0 Å². The summed E-state index contributed by atoms with van der Waals surface area (Å²) < 4.78 is 0. The number of nitrogens with one attached hydrogen (secondary N) is 1. The molecule has 2 aromatic rings. The van der Waals surface area contributed by atoms with Crippen molar-refractivity contribution in [2.75, 3.05) is 25.6 Å². The first-order valence-electron chi connectivity index (χ1n) is 7.61. The van der Waals surface area contributed by atoms with Gasteiger partial charge in [0, 0.05) is 25.5 Å². The lowest BCUT2D eigenvalue weighted by atomic mass is 10.0. The van der Waals surface area contributed by atoms with Crippen molar-refractivity contribution in [1.29, 1.82) is 0 Å². The van der Waals surface area contributed by atoms with Gasteiger partial charge in [-0.1, -0.05) is 31.2 Å². The van der Waals surface area contributed by atoms with Crippen molar-refractivity contribution in [1.82, 2.24) is 10.3 Å². The van der Waals surface area contributed by atoms with Crippen LogP contribution in [0.3, 0.4) is 0 Å². The zero-order valence-electron chi connectivity index (χ0n) is 13.8. The Morgan fingerprint density at radius 3 is 2.45 bits per heavy atom. The summed E-state index contributed by atoms with van der Waals surface area (Å²) in [6, 6.07) is 8.40. The minimum atomic E-state index is -0.0461. The molecule has 0 aliphatic rings. The van der Waals surface area contributed by atoms with E-state index in [9.17, 15) is 5.11 Å². The lowest BCUT2D eigenvalue weighted by molar-refractivity contribution is 0.244. The first-order chi connectivity index (χ1) is 10.5. The highest BCUT2D eigenvalue weighted by atomic mass is 32.1. The molecule has 0 radical (unpaired) electrons. The number of aliphatic hydroxyl groups is 1. The van der Waals surface area contributed by atoms with E-state index < -0.39 is 0 Å². The summed E-state index contributed by atoms with van der Waals surface area (Å²) >= 11 is 1.69. The molecule has 1 aromatic heterocycles. The smallest absolute Gasteiger partial charge is 0.185 e. The molecule has 2 N–H and O–H groups in total. The summed E-state index contributed by atoms with van der Waals surface area (Å²) in [5.74, 6) is 0. The van der Waals surface area contributed by atoms with Gasteiger partial charge in [-0.15, -0.1) is 11.3 Å². The van der Waals surface area contributed by atoms with Gasteiger partial charge in [0.1, 0.15) is 0 Å². The molecule has 0 fully saturated rings. The largest absolute Gasteiger partial charge is 0.394 e. The summed E-state index contributed by atoms with van der Waals surface area (Å²) in [5.41, 5.74) is 3.49. The first-order valence-corrected chi connectivity index (χ1v) is 8.43. The summed E-state index contributed by atoms with van der Waals surface area (Å²) in [7, 11) is 4.00. The van der Waals surface area contributed by atoms with Gasteiger partial charge < -0.3 is 15.3 Å². The molecule has 0 aliphatic carbocycles. The number of anilines is 1. The number of aromatic nitrogens is 1. The molecular weight excluding hydrogens is 294 g/mol. The number of benzene rings is 1. The molecule has 0 aliphatic heterocycles. The second kappa shape index (κ2) is 7.72. The van der Waals surface area contributed by atoms with Crippen molar-refractivity contribution < 1.29 is 5.11 Å². The number of aliphatic hydroxyl groups excluding tert-OH is 1. The third kappa shape index (κ3) is 4.06. The third-order valence-electron chi connectivity index (χ3n) is 3.75. The van der Waals surface area contributed by atoms with Crippen LogP contribution < -0.4 is 10.2 Å². The number of aryl methyl sites for hydroxylation is 2. The molecule has 1 unspecified atom stereocenters. The summed E-state index contributed by atoms with van der Waals surface area (Å²) in [5, 5.41) is 14.1. The molecule has 1 aromatic carbocycles. The van der Waals surface area contributed by atoms with Crippen LogP contribution in [0, 0.1) is 6.92 Å². The van der Waals surface area contributed by atoms with E-state index in [0.29, 0.717) is 0 Å². The Hall–Kier alpha value is -1.43. The van der Waals surface area contributed by atoms with Crippen molar-refractivity contribution in [2.24, 2.45) is 0 Å². The van der Waals surface area contributed by atoms with Crippen LogP contribution in [-0.2, 0) is 13.0 Å². The first kappa shape index (κ1) is 16.9. The van der Waals surface area contributed by atoms with Gasteiger partial charge in [0.2, 0.25) is 0 Å². The highest BCUT2D eigenvalue weighted by Crippen LogP contribution is 2.25. The molecule has 1 atom stereocenters. The fourth-order valence-electron chi connectivity index (χ4n) is 2.26. The van der Waals surface area contributed by atoms with E-state index in [1.54, 1.807) is 11.3 Å². The fourth-order valence-corrected chi connectivity index (χ4v) is 3.19. The molecule has 0 bridgehead atoms. The summed E-state index contributed by atoms with van der Waals surface area (Å²) in [4.78, 5) is 7.79. The molecule has 0 saturated carbocycles. The maximum atomic E-state index is 9.66. The normalized spacial score (nSPS) is 12.4. The molecule has 2 rings (SSSR count). The van der Waals surface area contributed by atoms with Gasteiger partial charge >= 0.3 is 0 Å². The van der Waals surface area contributed by atoms with E-state index in [2.05, 4.69) is 41.5 Å². The van der Waals surface area contributed by atoms with Crippen LogP contribution in [0.25, 0.3) is 0 Å². The van der Waals surface area contributed by atoms with Gasteiger partial charge in [-0.25, -0.2) is 4.98 Å². The van der Waals surface area contributed by atoms with Crippen LogP contribution in [-0.4, -0.2) is 30.8 Å². The van der Waals surface area contributed by atoms with Crippen LogP contribution in [0.1, 0.15) is 34.7 Å². The second-order valence-corrected chi connectivity index (χ2v) is 6.67. The highest BCUT2D eigenvalue weighted by molar-refractivity contribution is 7.15. The highest BCUT2D eigenvalue weighted by Gasteiger charge is 2.13. The van der Waals surface area contributed by atoms with Crippen LogP contribution in [0.5, 0.6) is 0 Å². The van der Waals surface area contributed by atoms with Gasteiger partial charge in [0.25, 0.3) is 0 Å². The molecule has 5 heteroatoms. The molecule has 0 saturated heterocycles. The Morgan fingerprint density at radius 1 is 1.27 bits per heavy atom. The van der Waals surface area contributed by atoms with E-state index in [-0.39, 0.29) is 12.6 Å². The monoisotopic (exact) mass is 319 g/mol. The molecule has 0 amide bonds. The standard InChI is InChI=1S/C17H25N3OS/c1-5-13-6-8-14(9-7-13)15(11-21)18-10-16-12(2)19-17(22-16)20(3)4/h6-9,15,18,21H,5,10-11H2,1-4H3. The number of nitrogens with zero attached hydrogens (tertiary/aromatic N) is 2. The Labute approximate surface area is 136 Å². The molecule has 22 heavy (non-hydrogen) atoms. The van der Waals surface area contributed by atoms with Gasteiger partial charge in [0.05, 0.1) is 18.3 Å². The van der Waals surface area contributed by atoms with Crippen molar-refractivity contribution in [3.05, 3.63) is 46.0 Å². The predicted octanol–water partition coefficient (Wildman–Crippen LogP) is 2.90. The van der Waals surface area contributed by atoms with Gasteiger partial charge in [-0.05, 0) is 24.5 Å². The Kier molecular flexibility index (Phi) is 5.94. The predicted molar refractivity (Wildman–Crippen MR) is 93.7 cm³/mol. The Balaban J connectivity index is 2.04. The number of hydrogen-bond donors (Lipinski definition) is 2. The average Bonchev–Trinajstić information content (AvgIpc) is 2.90. The third-order valence-corrected chi connectivity index (χ3v) is 5.07. The van der Waals surface area contributed by atoms with Gasteiger partial charge in [-0.2, -0.15) is 0 Å². The quantitative estimate of drug-likeness (QED) is 0.824. The Morgan fingerprint density at radius 2 is 1.95 bits per heavy atom. The molecular formula is C17H25N3OS. The van der Waals surface area contributed by atoms with E-state index in [0.717, 1.165) is 29.4 Å². The zero-order valence-corrected chi connectivity index (χ0v) is 14.6. The van der Waals surface area contributed by atoms with Crippen molar-refractivity contribution in [3.8, 4) is 0 Å². The second-order valence-electron chi connectivity index (χ2n) is 5.61. The molecule has 0 spiro atoms. The van der Waals surface area contributed by atoms with E-state index in [1.165, 1.54) is 10.4 Å². The number of thiazole rings is 1.